The zero-order valence-electron chi connectivity index (χ0n) is 12.6. The lowest BCUT2D eigenvalue weighted by Crippen LogP contribution is -2.47. The van der Waals surface area contributed by atoms with Crippen molar-refractivity contribution in [1.29, 1.82) is 0 Å². The summed E-state index contributed by atoms with van der Waals surface area (Å²) in [6.45, 7) is 0.410. The molecule has 0 heterocycles. The van der Waals surface area contributed by atoms with Crippen LogP contribution in [-0.2, 0) is 16.0 Å². The lowest BCUT2D eigenvalue weighted by Gasteiger charge is -2.18. The third-order valence-electron chi connectivity index (χ3n) is 3.36. The molecule has 0 fully saturated rings. The van der Waals surface area contributed by atoms with E-state index in [1.54, 1.807) is 0 Å². The van der Waals surface area contributed by atoms with E-state index >= 15 is 0 Å². The number of hydrogen-bond donors (Lipinski definition) is 4. The van der Waals surface area contributed by atoms with Crippen LogP contribution >= 0.6 is 0 Å². The van der Waals surface area contributed by atoms with Gasteiger partial charge in [0.2, 0.25) is 5.91 Å². The average Bonchev–Trinajstić information content (AvgIpc) is 2.50. The number of aliphatic carboxylic acids is 1. The van der Waals surface area contributed by atoms with Crippen LogP contribution in [0, 0.1) is 0 Å². The molecule has 0 radical (unpaired) electrons. The smallest absolute Gasteiger partial charge is 0.303 e. The minimum absolute atomic E-state index is 0.137. The Morgan fingerprint density at radius 3 is 2.45 bits per heavy atom. The fourth-order valence-electron chi connectivity index (χ4n) is 2.09. The molecule has 1 amide bonds. The Balaban J connectivity index is 2.22. The number of nitrogens with two attached hydrogens (primary N) is 1. The molecule has 2 atom stereocenters. The first-order valence-electron chi connectivity index (χ1n) is 7.47. The molecule has 0 aromatic heterocycles. The number of hydrogen-bond acceptors (Lipinski definition) is 4. The summed E-state index contributed by atoms with van der Waals surface area (Å²) in [4.78, 5) is 22.1. The van der Waals surface area contributed by atoms with Crippen molar-refractivity contribution < 1.29 is 19.8 Å². The third kappa shape index (κ3) is 7.19. The Morgan fingerprint density at radius 1 is 1.14 bits per heavy atom. The maximum atomic E-state index is 11.8. The Morgan fingerprint density at radius 2 is 1.82 bits per heavy atom. The average molecular weight is 308 g/mol. The van der Waals surface area contributed by atoms with Crippen molar-refractivity contribution in [3.8, 4) is 0 Å². The summed E-state index contributed by atoms with van der Waals surface area (Å²) in [5.74, 6) is -1.30. The SMILES string of the molecule is N[C@H](Cc1ccccc1)[C@H](O)C(=O)NCCCCCC(=O)O. The first kappa shape index (κ1) is 18.1. The standard InChI is InChI=1S/C16H24N2O4/c17-13(11-12-7-3-1-4-8-12)15(21)16(22)18-10-6-2-5-9-14(19)20/h1,3-4,7-8,13,15,21H,2,5-6,9-11,17H2,(H,18,22)(H,19,20)/t13-,15+/m1/s1. The molecule has 1 aromatic rings. The van der Waals surface area contributed by atoms with Gasteiger partial charge in [-0.15, -0.1) is 0 Å². The Labute approximate surface area is 130 Å². The summed E-state index contributed by atoms with van der Waals surface area (Å²) in [6, 6.07) is 8.79. The van der Waals surface area contributed by atoms with Crippen LogP contribution in [0.15, 0.2) is 30.3 Å². The third-order valence-corrected chi connectivity index (χ3v) is 3.36. The molecule has 0 spiro atoms. The van der Waals surface area contributed by atoms with Gasteiger partial charge in [-0.3, -0.25) is 9.59 Å². The van der Waals surface area contributed by atoms with Gasteiger partial charge in [-0.25, -0.2) is 0 Å². The lowest BCUT2D eigenvalue weighted by atomic mass is 10.0. The van der Waals surface area contributed by atoms with E-state index in [1.165, 1.54) is 0 Å². The molecule has 0 saturated carbocycles. The summed E-state index contributed by atoms with van der Waals surface area (Å²) in [7, 11) is 0. The zero-order chi connectivity index (χ0) is 16.4. The number of carbonyl (C=O) groups excluding carboxylic acids is 1. The molecule has 5 N–H and O–H groups in total. The van der Waals surface area contributed by atoms with Crippen molar-refractivity contribution in [3.63, 3.8) is 0 Å². The van der Waals surface area contributed by atoms with Crippen molar-refractivity contribution in [2.75, 3.05) is 6.54 Å². The van der Waals surface area contributed by atoms with E-state index in [2.05, 4.69) is 5.32 Å². The lowest BCUT2D eigenvalue weighted by molar-refractivity contribution is -0.137. The van der Waals surface area contributed by atoms with Gasteiger partial charge in [0.25, 0.3) is 0 Å². The van der Waals surface area contributed by atoms with Crippen LogP contribution in [0.4, 0.5) is 0 Å². The van der Waals surface area contributed by atoms with E-state index in [4.69, 9.17) is 10.8 Å². The second-order valence-corrected chi connectivity index (χ2v) is 5.29. The summed E-state index contributed by atoms with van der Waals surface area (Å²) >= 11 is 0. The van der Waals surface area contributed by atoms with Gasteiger partial charge in [0.1, 0.15) is 6.10 Å². The minimum Gasteiger partial charge on any atom is -0.481 e. The van der Waals surface area contributed by atoms with E-state index in [-0.39, 0.29) is 6.42 Å². The molecule has 122 valence electrons. The first-order valence-corrected chi connectivity index (χ1v) is 7.47. The van der Waals surface area contributed by atoms with Crippen molar-refractivity contribution in [1.82, 2.24) is 5.32 Å². The van der Waals surface area contributed by atoms with Crippen LogP contribution in [0.2, 0.25) is 0 Å². The van der Waals surface area contributed by atoms with Gasteiger partial charge < -0.3 is 21.3 Å². The zero-order valence-corrected chi connectivity index (χ0v) is 12.6. The number of nitrogens with one attached hydrogen (secondary N) is 1. The molecule has 6 heteroatoms. The molecule has 0 bridgehead atoms. The Kier molecular flexibility index (Phi) is 8.17. The van der Waals surface area contributed by atoms with Crippen LogP contribution in [0.5, 0.6) is 0 Å². The highest BCUT2D eigenvalue weighted by atomic mass is 16.4. The van der Waals surface area contributed by atoms with Crippen LogP contribution in [-0.4, -0.2) is 40.8 Å². The molecule has 0 aliphatic heterocycles. The van der Waals surface area contributed by atoms with Crippen molar-refractivity contribution >= 4 is 11.9 Å². The number of carbonyl (C=O) groups is 2. The minimum atomic E-state index is -1.25. The number of amides is 1. The Hall–Kier alpha value is -1.92. The molecule has 0 aliphatic rings. The van der Waals surface area contributed by atoms with Gasteiger partial charge in [0, 0.05) is 19.0 Å². The summed E-state index contributed by atoms with van der Waals surface area (Å²) in [5.41, 5.74) is 6.83. The van der Waals surface area contributed by atoms with E-state index in [9.17, 15) is 14.7 Å². The quantitative estimate of drug-likeness (QED) is 0.475. The van der Waals surface area contributed by atoms with Crippen LogP contribution in [0.1, 0.15) is 31.2 Å². The molecule has 0 saturated heterocycles. The second kappa shape index (κ2) is 9.92. The number of rotatable bonds is 10. The highest BCUT2D eigenvalue weighted by Gasteiger charge is 2.22. The topological polar surface area (TPSA) is 113 Å². The van der Waals surface area contributed by atoms with Gasteiger partial charge >= 0.3 is 5.97 Å². The highest BCUT2D eigenvalue weighted by Crippen LogP contribution is 2.05. The van der Waals surface area contributed by atoms with Gasteiger partial charge in [0.15, 0.2) is 0 Å². The molecular formula is C16H24N2O4. The molecule has 0 unspecified atom stereocenters. The van der Waals surface area contributed by atoms with Gasteiger partial charge in [0.05, 0.1) is 0 Å². The number of aliphatic hydroxyl groups is 1. The number of aliphatic hydroxyl groups excluding tert-OH is 1. The monoisotopic (exact) mass is 308 g/mol. The van der Waals surface area contributed by atoms with Gasteiger partial charge in [-0.05, 0) is 24.8 Å². The Bertz CT molecular complexity index is 464. The van der Waals surface area contributed by atoms with Gasteiger partial charge in [-0.2, -0.15) is 0 Å². The summed E-state index contributed by atoms with van der Waals surface area (Å²) < 4.78 is 0. The molecule has 1 aromatic carbocycles. The van der Waals surface area contributed by atoms with E-state index in [0.717, 1.165) is 12.0 Å². The molecule has 6 nitrogen and oxygen atoms in total. The normalized spacial score (nSPS) is 13.4. The molecule has 0 aliphatic carbocycles. The predicted molar refractivity (Wildman–Crippen MR) is 83.2 cm³/mol. The maximum absolute atomic E-state index is 11.8. The number of carboxylic acids is 1. The van der Waals surface area contributed by atoms with E-state index in [1.807, 2.05) is 30.3 Å². The fourth-order valence-corrected chi connectivity index (χ4v) is 2.09. The fraction of sp³-hybridized carbons (Fsp3) is 0.500. The second-order valence-electron chi connectivity index (χ2n) is 5.29. The number of carboxylic acid groups (broad SMARTS) is 1. The molecular weight excluding hydrogens is 284 g/mol. The maximum Gasteiger partial charge on any atom is 0.303 e. The van der Waals surface area contributed by atoms with Gasteiger partial charge in [-0.1, -0.05) is 36.8 Å². The van der Waals surface area contributed by atoms with Crippen LogP contribution in [0.25, 0.3) is 0 Å². The number of unbranched alkanes of at least 4 members (excludes halogenated alkanes) is 2. The van der Waals surface area contributed by atoms with Crippen molar-refractivity contribution in [3.05, 3.63) is 35.9 Å². The highest BCUT2D eigenvalue weighted by molar-refractivity contribution is 5.81. The van der Waals surface area contributed by atoms with Crippen molar-refractivity contribution in [2.24, 2.45) is 5.73 Å². The molecule has 22 heavy (non-hydrogen) atoms. The summed E-state index contributed by atoms with van der Waals surface area (Å²) in [5, 5.41) is 21.0. The van der Waals surface area contributed by atoms with Crippen LogP contribution < -0.4 is 11.1 Å². The predicted octanol–water partition coefficient (Wildman–Crippen LogP) is 0.678. The molecule has 1 rings (SSSR count). The van der Waals surface area contributed by atoms with E-state index in [0.29, 0.717) is 25.8 Å². The largest absolute Gasteiger partial charge is 0.481 e. The summed E-state index contributed by atoms with van der Waals surface area (Å²) in [6.07, 6.45) is 1.30. The number of benzene rings is 1. The van der Waals surface area contributed by atoms with Crippen LogP contribution in [0.3, 0.4) is 0 Å². The van der Waals surface area contributed by atoms with E-state index < -0.39 is 24.0 Å². The first-order chi connectivity index (χ1) is 10.5. The van der Waals surface area contributed by atoms with Crippen molar-refractivity contribution in [2.45, 2.75) is 44.2 Å².